The normalized spacial score (nSPS) is 16.8. The largest absolute Gasteiger partial charge is 0.491 e. The van der Waals surface area contributed by atoms with Crippen LogP contribution in [0.5, 0.6) is 5.75 Å². The Morgan fingerprint density at radius 3 is 2.71 bits per heavy atom. The number of nitro groups is 1. The zero-order chi connectivity index (χ0) is 16.9. The summed E-state index contributed by atoms with van der Waals surface area (Å²) < 4.78 is 25.0. The van der Waals surface area contributed by atoms with E-state index >= 15 is 0 Å². The third kappa shape index (κ3) is 3.99. The lowest BCUT2D eigenvalue weighted by Crippen LogP contribution is -2.16. The van der Waals surface area contributed by atoms with Gasteiger partial charge in [0.1, 0.15) is 12.4 Å². The van der Waals surface area contributed by atoms with E-state index < -0.39 is 10.7 Å². The van der Waals surface area contributed by atoms with Crippen LogP contribution in [0.4, 0.5) is 21.5 Å². The Bertz CT molecular complexity index is 715. The molecule has 0 aromatic heterocycles. The molecule has 3 rings (SSSR count). The van der Waals surface area contributed by atoms with Gasteiger partial charge in [0.25, 0.3) is 5.69 Å². The van der Waals surface area contributed by atoms with Crippen LogP contribution in [-0.4, -0.2) is 24.2 Å². The molecule has 0 saturated carbocycles. The molecule has 126 valence electrons. The molecule has 2 aromatic rings. The Morgan fingerprint density at radius 2 is 2.08 bits per heavy atom. The topological polar surface area (TPSA) is 73.6 Å². The van der Waals surface area contributed by atoms with Crippen LogP contribution >= 0.6 is 0 Å². The van der Waals surface area contributed by atoms with Gasteiger partial charge in [0, 0.05) is 18.4 Å². The van der Waals surface area contributed by atoms with Crippen molar-refractivity contribution in [3.63, 3.8) is 0 Å². The Labute approximate surface area is 138 Å². The highest BCUT2D eigenvalue weighted by Crippen LogP contribution is 2.25. The van der Waals surface area contributed by atoms with Gasteiger partial charge in [0.15, 0.2) is 5.82 Å². The van der Waals surface area contributed by atoms with Crippen LogP contribution in [0.25, 0.3) is 0 Å². The van der Waals surface area contributed by atoms with Crippen LogP contribution in [0.15, 0.2) is 42.5 Å². The molecule has 0 radical (unpaired) electrons. The number of non-ortho nitro benzene ring substituents is 1. The molecule has 24 heavy (non-hydrogen) atoms. The third-order valence-corrected chi connectivity index (χ3v) is 3.76. The minimum atomic E-state index is -0.678. The fraction of sp³-hybridized carbons (Fsp3) is 0.294. The second-order valence-corrected chi connectivity index (χ2v) is 5.52. The van der Waals surface area contributed by atoms with E-state index in [4.69, 9.17) is 9.47 Å². The number of hydrogen-bond donors (Lipinski definition) is 1. The minimum Gasteiger partial charge on any atom is -0.491 e. The van der Waals surface area contributed by atoms with E-state index in [1.807, 2.05) is 0 Å². The Hall–Kier alpha value is -2.67. The summed E-state index contributed by atoms with van der Waals surface area (Å²) in [6.07, 6.45) is 2.23. The van der Waals surface area contributed by atoms with Crippen molar-refractivity contribution in [3.8, 4) is 5.75 Å². The third-order valence-electron chi connectivity index (χ3n) is 3.76. The molecule has 1 heterocycles. The van der Waals surface area contributed by atoms with Crippen molar-refractivity contribution in [1.82, 2.24) is 0 Å². The number of benzene rings is 2. The Balaban J connectivity index is 1.60. The maximum atomic E-state index is 13.9. The molecule has 1 aliphatic heterocycles. The maximum absolute atomic E-state index is 13.9. The quantitative estimate of drug-likeness (QED) is 0.638. The van der Waals surface area contributed by atoms with Gasteiger partial charge in [-0.05, 0) is 43.2 Å². The second kappa shape index (κ2) is 7.27. The Morgan fingerprint density at radius 1 is 1.29 bits per heavy atom. The van der Waals surface area contributed by atoms with Gasteiger partial charge in [-0.15, -0.1) is 0 Å². The molecule has 0 bridgehead atoms. The van der Waals surface area contributed by atoms with Crippen molar-refractivity contribution in [2.75, 3.05) is 18.5 Å². The number of rotatable bonds is 6. The minimum absolute atomic E-state index is 0.150. The molecule has 1 N–H and O–H groups in total. The monoisotopic (exact) mass is 332 g/mol. The highest BCUT2D eigenvalue weighted by Gasteiger charge is 2.16. The zero-order valence-electron chi connectivity index (χ0n) is 12.9. The number of anilines is 2. The van der Waals surface area contributed by atoms with Crippen LogP contribution in [-0.2, 0) is 4.74 Å². The lowest BCUT2D eigenvalue weighted by Gasteiger charge is -2.12. The SMILES string of the molecule is O=[N+]([O-])c1ccc(Nc2ccc(OC[C@H]3CCCO3)cc2)c(F)c1. The molecule has 6 nitrogen and oxygen atoms in total. The van der Waals surface area contributed by atoms with Crippen LogP contribution in [0.2, 0.25) is 0 Å². The predicted molar refractivity (Wildman–Crippen MR) is 87.2 cm³/mol. The van der Waals surface area contributed by atoms with Crippen LogP contribution in [0, 0.1) is 15.9 Å². The van der Waals surface area contributed by atoms with E-state index in [1.54, 1.807) is 24.3 Å². The predicted octanol–water partition coefficient (Wildman–Crippen LogP) is 4.04. The fourth-order valence-corrected chi connectivity index (χ4v) is 2.47. The summed E-state index contributed by atoms with van der Waals surface area (Å²) in [4.78, 5) is 9.98. The molecule has 1 saturated heterocycles. The lowest BCUT2D eigenvalue weighted by molar-refractivity contribution is -0.385. The van der Waals surface area contributed by atoms with Gasteiger partial charge >= 0.3 is 0 Å². The van der Waals surface area contributed by atoms with Crippen molar-refractivity contribution in [3.05, 3.63) is 58.4 Å². The molecule has 1 aliphatic rings. The molecule has 0 spiro atoms. The van der Waals surface area contributed by atoms with Crippen molar-refractivity contribution >= 4 is 17.1 Å². The number of hydrogen-bond acceptors (Lipinski definition) is 5. The average Bonchev–Trinajstić information content (AvgIpc) is 3.09. The highest BCUT2D eigenvalue weighted by atomic mass is 19.1. The molecule has 1 fully saturated rings. The maximum Gasteiger partial charge on any atom is 0.272 e. The van der Waals surface area contributed by atoms with Crippen molar-refractivity contribution in [2.45, 2.75) is 18.9 Å². The van der Waals surface area contributed by atoms with Crippen molar-refractivity contribution < 1.29 is 18.8 Å². The smallest absolute Gasteiger partial charge is 0.272 e. The van der Waals surface area contributed by atoms with Gasteiger partial charge in [-0.3, -0.25) is 10.1 Å². The number of nitrogens with one attached hydrogen (secondary N) is 1. The van der Waals surface area contributed by atoms with Gasteiger partial charge in [0.2, 0.25) is 0 Å². The van der Waals surface area contributed by atoms with E-state index in [0.29, 0.717) is 18.0 Å². The first-order valence-electron chi connectivity index (χ1n) is 7.67. The molecular formula is C17H17FN2O4. The van der Waals surface area contributed by atoms with Gasteiger partial charge < -0.3 is 14.8 Å². The van der Waals surface area contributed by atoms with E-state index in [2.05, 4.69) is 5.32 Å². The van der Waals surface area contributed by atoms with Gasteiger partial charge in [-0.2, -0.15) is 0 Å². The summed E-state index contributed by atoms with van der Waals surface area (Å²) in [6.45, 7) is 1.31. The first kappa shape index (κ1) is 16.2. The standard InChI is InChI=1S/C17H17FN2O4/c18-16-10-13(20(21)22)5-8-17(16)19-12-3-6-14(7-4-12)24-11-15-2-1-9-23-15/h3-8,10,15,19H,1-2,9,11H2/t15-/m1/s1. The fourth-order valence-electron chi connectivity index (χ4n) is 2.47. The summed E-state index contributed by atoms with van der Waals surface area (Å²) in [5, 5.41) is 13.5. The average molecular weight is 332 g/mol. The van der Waals surface area contributed by atoms with Crippen LogP contribution in [0.3, 0.4) is 0 Å². The molecular weight excluding hydrogens is 315 g/mol. The zero-order valence-corrected chi connectivity index (χ0v) is 12.9. The first-order chi connectivity index (χ1) is 11.6. The van der Waals surface area contributed by atoms with Gasteiger partial charge in [-0.25, -0.2) is 4.39 Å². The summed E-state index contributed by atoms with van der Waals surface area (Å²) in [7, 11) is 0. The molecule has 0 unspecified atom stereocenters. The van der Waals surface area contributed by atoms with E-state index in [-0.39, 0.29) is 17.5 Å². The molecule has 1 atom stereocenters. The first-order valence-corrected chi connectivity index (χ1v) is 7.67. The summed E-state index contributed by atoms with van der Waals surface area (Å²) in [5.41, 5.74) is 0.553. The molecule has 0 amide bonds. The number of nitro benzene ring substituents is 1. The van der Waals surface area contributed by atoms with Gasteiger partial charge in [0.05, 0.1) is 22.8 Å². The highest BCUT2D eigenvalue weighted by molar-refractivity contribution is 5.62. The van der Waals surface area contributed by atoms with E-state index in [1.165, 1.54) is 12.1 Å². The summed E-state index contributed by atoms with van der Waals surface area (Å²) >= 11 is 0. The van der Waals surface area contributed by atoms with Crippen LogP contribution in [0.1, 0.15) is 12.8 Å². The van der Waals surface area contributed by atoms with E-state index in [9.17, 15) is 14.5 Å². The number of nitrogens with zero attached hydrogens (tertiary/aromatic N) is 1. The lowest BCUT2D eigenvalue weighted by atomic mass is 10.2. The van der Waals surface area contributed by atoms with Crippen molar-refractivity contribution in [2.24, 2.45) is 0 Å². The second-order valence-electron chi connectivity index (χ2n) is 5.52. The summed E-state index contributed by atoms with van der Waals surface area (Å²) in [6, 6.07) is 10.6. The number of halogens is 1. The molecule has 2 aromatic carbocycles. The van der Waals surface area contributed by atoms with E-state index in [0.717, 1.165) is 25.5 Å². The molecule has 7 heteroatoms. The van der Waals surface area contributed by atoms with Crippen molar-refractivity contribution in [1.29, 1.82) is 0 Å². The summed E-state index contributed by atoms with van der Waals surface area (Å²) in [5.74, 6) is 0.0307. The number of ether oxygens (including phenoxy) is 2. The molecule has 0 aliphatic carbocycles. The Kier molecular flexibility index (Phi) is 4.90. The van der Waals surface area contributed by atoms with Crippen LogP contribution < -0.4 is 10.1 Å². The van der Waals surface area contributed by atoms with Gasteiger partial charge in [-0.1, -0.05) is 0 Å².